The van der Waals surface area contributed by atoms with Crippen molar-refractivity contribution in [3.63, 3.8) is 0 Å². The molecule has 0 aliphatic carbocycles. The molecule has 1 aromatic carbocycles. The molecule has 0 N–H and O–H groups in total. The van der Waals surface area contributed by atoms with E-state index >= 15 is 0 Å². The summed E-state index contributed by atoms with van der Waals surface area (Å²) in [6.07, 6.45) is 0. The molecule has 3 rings (SSSR count). The zero-order valence-corrected chi connectivity index (χ0v) is 11.6. The van der Waals surface area contributed by atoms with E-state index in [-0.39, 0.29) is 23.5 Å². The van der Waals surface area contributed by atoms with Gasteiger partial charge in [-0.1, -0.05) is 17.3 Å². The number of amides is 1. The van der Waals surface area contributed by atoms with E-state index in [0.717, 1.165) is 0 Å². The Labute approximate surface area is 121 Å². The molecule has 1 atom stereocenters. The maximum Gasteiger partial charge on any atom is 0.292 e. The zero-order valence-electron chi connectivity index (χ0n) is 11.6. The maximum atomic E-state index is 13.2. The second-order valence-electron chi connectivity index (χ2n) is 5.01. The average Bonchev–Trinajstić information content (AvgIpc) is 2.97. The zero-order chi connectivity index (χ0) is 14.8. The molecule has 1 aliphatic rings. The summed E-state index contributed by atoms with van der Waals surface area (Å²) < 4.78 is 23.6. The van der Waals surface area contributed by atoms with Gasteiger partial charge in [-0.05, 0) is 19.1 Å². The smallest absolute Gasteiger partial charge is 0.292 e. The molecule has 0 saturated carbocycles. The standard InChI is InChI=1S/C15H15FN2O3/c1-10-9-20-6-5-18(10)15(19)14-8-13(17-21-14)11-3-2-4-12(16)7-11/h2-4,7-8,10H,5-6,9H2,1H3. The molecule has 1 unspecified atom stereocenters. The fraction of sp³-hybridized carbons (Fsp3) is 0.333. The summed E-state index contributed by atoms with van der Waals surface area (Å²) in [5, 5.41) is 3.85. The first-order chi connectivity index (χ1) is 10.1. The van der Waals surface area contributed by atoms with Gasteiger partial charge < -0.3 is 14.2 Å². The molecule has 110 valence electrons. The van der Waals surface area contributed by atoms with Gasteiger partial charge in [-0.15, -0.1) is 0 Å². The molecule has 21 heavy (non-hydrogen) atoms. The van der Waals surface area contributed by atoms with Crippen LogP contribution in [0.25, 0.3) is 11.3 Å². The largest absolute Gasteiger partial charge is 0.377 e. The molecule has 5 nitrogen and oxygen atoms in total. The van der Waals surface area contributed by atoms with Gasteiger partial charge in [0.25, 0.3) is 5.91 Å². The van der Waals surface area contributed by atoms with Crippen LogP contribution in [0.5, 0.6) is 0 Å². The molecule has 0 radical (unpaired) electrons. The number of carbonyl (C=O) groups is 1. The second-order valence-corrected chi connectivity index (χ2v) is 5.01. The molecule has 0 bridgehead atoms. The fourth-order valence-corrected chi connectivity index (χ4v) is 2.33. The SMILES string of the molecule is CC1COCCN1C(=O)c1cc(-c2cccc(F)c2)no1. The fourth-order valence-electron chi connectivity index (χ4n) is 2.33. The Hall–Kier alpha value is -2.21. The number of rotatable bonds is 2. The quantitative estimate of drug-likeness (QED) is 0.852. The monoisotopic (exact) mass is 290 g/mol. The lowest BCUT2D eigenvalue weighted by molar-refractivity contribution is 0.00155. The Morgan fingerprint density at radius 3 is 3.05 bits per heavy atom. The number of ether oxygens (including phenoxy) is 1. The number of halogens is 1. The lowest BCUT2D eigenvalue weighted by Gasteiger charge is -2.32. The lowest BCUT2D eigenvalue weighted by Crippen LogP contribution is -2.47. The molecule has 1 fully saturated rings. The van der Waals surface area contributed by atoms with Crippen molar-refractivity contribution in [3.8, 4) is 11.3 Å². The van der Waals surface area contributed by atoms with Crippen LogP contribution in [0.2, 0.25) is 0 Å². The molecule has 1 amide bonds. The van der Waals surface area contributed by atoms with E-state index in [9.17, 15) is 9.18 Å². The van der Waals surface area contributed by atoms with E-state index < -0.39 is 0 Å². The van der Waals surface area contributed by atoms with Gasteiger partial charge >= 0.3 is 0 Å². The van der Waals surface area contributed by atoms with Crippen LogP contribution < -0.4 is 0 Å². The van der Waals surface area contributed by atoms with Crippen molar-refractivity contribution in [2.75, 3.05) is 19.8 Å². The van der Waals surface area contributed by atoms with Crippen molar-refractivity contribution in [2.45, 2.75) is 13.0 Å². The van der Waals surface area contributed by atoms with Crippen LogP contribution in [-0.4, -0.2) is 41.8 Å². The number of nitrogens with zero attached hydrogens (tertiary/aromatic N) is 2. The van der Waals surface area contributed by atoms with Crippen molar-refractivity contribution >= 4 is 5.91 Å². The normalized spacial score (nSPS) is 18.8. The molecule has 1 aliphatic heterocycles. The van der Waals surface area contributed by atoms with Crippen LogP contribution in [0.1, 0.15) is 17.5 Å². The van der Waals surface area contributed by atoms with Gasteiger partial charge in [-0.3, -0.25) is 4.79 Å². The van der Waals surface area contributed by atoms with Crippen molar-refractivity contribution in [1.82, 2.24) is 10.1 Å². The molecular weight excluding hydrogens is 275 g/mol. The van der Waals surface area contributed by atoms with Gasteiger partial charge in [-0.25, -0.2) is 4.39 Å². The number of hydrogen-bond donors (Lipinski definition) is 0. The van der Waals surface area contributed by atoms with E-state index in [2.05, 4.69) is 5.16 Å². The van der Waals surface area contributed by atoms with Crippen LogP contribution in [0.3, 0.4) is 0 Å². The summed E-state index contributed by atoms with van der Waals surface area (Å²) in [4.78, 5) is 14.1. The van der Waals surface area contributed by atoms with Crippen LogP contribution in [-0.2, 0) is 4.74 Å². The van der Waals surface area contributed by atoms with Crippen LogP contribution >= 0.6 is 0 Å². The van der Waals surface area contributed by atoms with Crippen molar-refractivity contribution in [3.05, 3.63) is 41.9 Å². The maximum absolute atomic E-state index is 13.2. The Kier molecular flexibility index (Phi) is 3.70. The van der Waals surface area contributed by atoms with Crippen LogP contribution in [0.15, 0.2) is 34.9 Å². The first-order valence-corrected chi connectivity index (χ1v) is 6.76. The van der Waals surface area contributed by atoms with Gasteiger partial charge in [0, 0.05) is 18.2 Å². The molecular formula is C15H15FN2O3. The Morgan fingerprint density at radius 2 is 2.29 bits per heavy atom. The summed E-state index contributed by atoms with van der Waals surface area (Å²) in [6, 6.07) is 7.54. The highest BCUT2D eigenvalue weighted by Gasteiger charge is 2.27. The number of aromatic nitrogens is 1. The first-order valence-electron chi connectivity index (χ1n) is 6.76. The summed E-state index contributed by atoms with van der Waals surface area (Å²) in [6.45, 7) is 3.47. The topological polar surface area (TPSA) is 55.6 Å². The minimum absolute atomic E-state index is 0.00558. The molecule has 1 saturated heterocycles. The van der Waals surface area contributed by atoms with Crippen LogP contribution in [0, 0.1) is 5.82 Å². The summed E-state index contributed by atoms with van der Waals surface area (Å²) in [7, 11) is 0. The summed E-state index contributed by atoms with van der Waals surface area (Å²) in [5.41, 5.74) is 1.02. The third-order valence-corrected chi connectivity index (χ3v) is 3.47. The van der Waals surface area contributed by atoms with Crippen molar-refractivity contribution in [1.29, 1.82) is 0 Å². The predicted molar refractivity (Wildman–Crippen MR) is 73.2 cm³/mol. The summed E-state index contributed by atoms with van der Waals surface area (Å²) in [5.74, 6) is -0.422. The van der Waals surface area contributed by atoms with Crippen molar-refractivity contribution < 1.29 is 18.4 Å². The first kappa shape index (κ1) is 13.8. The third-order valence-electron chi connectivity index (χ3n) is 3.47. The summed E-state index contributed by atoms with van der Waals surface area (Å²) >= 11 is 0. The minimum atomic E-state index is -0.356. The molecule has 1 aromatic heterocycles. The predicted octanol–water partition coefficient (Wildman–Crippen LogP) is 2.34. The third kappa shape index (κ3) is 2.80. The average molecular weight is 290 g/mol. The van der Waals surface area contributed by atoms with E-state index in [1.165, 1.54) is 12.1 Å². The van der Waals surface area contributed by atoms with E-state index in [4.69, 9.17) is 9.26 Å². The lowest BCUT2D eigenvalue weighted by atomic mass is 10.1. The second kappa shape index (κ2) is 5.65. The van der Waals surface area contributed by atoms with Gasteiger partial charge in [0.05, 0.1) is 19.3 Å². The van der Waals surface area contributed by atoms with Crippen molar-refractivity contribution in [2.24, 2.45) is 0 Å². The minimum Gasteiger partial charge on any atom is -0.377 e. The van der Waals surface area contributed by atoms with Crippen LogP contribution in [0.4, 0.5) is 4.39 Å². The number of benzene rings is 1. The molecule has 2 aromatic rings. The molecule has 0 spiro atoms. The van der Waals surface area contributed by atoms with Gasteiger partial charge in [0.1, 0.15) is 11.5 Å². The molecule has 6 heteroatoms. The highest BCUT2D eigenvalue weighted by Crippen LogP contribution is 2.21. The van der Waals surface area contributed by atoms with Gasteiger partial charge in [-0.2, -0.15) is 0 Å². The van der Waals surface area contributed by atoms with E-state index in [0.29, 0.717) is 31.0 Å². The number of hydrogen-bond acceptors (Lipinski definition) is 4. The Balaban J connectivity index is 1.83. The highest BCUT2D eigenvalue weighted by atomic mass is 19.1. The Morgan fingerprint density at radius 1 is 1.43 bits per heavy atom. The van der Waals surface area contributed by atoms with E-state index in [1.54, 1.807) is 23.1 Å². The number of morpholine rings is 1. The van der Waals surface area contributed by atoms with E-state index in [1.807, 2.05) is 6.92 Å². The number of carbonyl (C=O) groups excluding carboxylic acids is 1. The Bertz CT molecular complexity index is 656. The van der Waals surface area contributed by atoms with Gasteiger partial charge in [0.2, 0.25) is 5.76 Å². The highest BCUT2D eigenvalue weighted by molar-refractivity contribution is 5.92. The molecule has 2 heterocycles. The van der Waals surface area contributed by atoms with Gasteiger partial charge in [0.15, 0.2) is 0 Å².